The third-order valence-electron chi connectivity index (χ3n) is 3.27. The topological polar surface area (TPSA) is 122 Å². The molecule has 0 radical (unpaired) electrons. The Morgan fingerprint density at radius 1 is 1.43 bits per heavy atom. The van der Waals surface area contributed by atoms with Crippen LogP contribution in [0.4, 0.5) is 0 Å². The summed E-state index contributed by atoms with van der Waals surface area (Å²) in [7, 11) is -3.87. The van der Waals surface area contributed by atoms with Gasteiger partial charge in [-0.25, -0.2) is 13.1 Å². The van der Waals surface area contributed by atoms with Crippen molar-refractivity contribution in [1.82, 2.24) is 14.5 Å². The molecule has 1 unspecified atom stereocenters. The lowest BCUT2D eigenvalue weighted by molar-refractivity contribution is -0.137. The average molecular weight is 319 g/mol. The molecule has 0 aromatic carbocycles. The number of nitrogens with zero attached hydrogens (tertiary/aromatic N) is 2. The van der Waals surface area contributed by atoms with E-state index in [1.54, 1.807) is 6.92 Å². The number of nitrogens with one attached hydrogen (secondary N) is 1. The number of aryl methyl sites for hydroxylation is 1. The van der Waals surface area contributed by atoms with E-state index in [1.165, 1.54) is 20.8 Å². The Morgan fingerprint density at radius 3 is 2.48 bits per heavy atom. The van der Waals surface area contributed by atoms with Crippen molar-refractivity contribution in [2.75, 3.05) is 6.54 Å². The Hall–Kier alpha value is -1.45. The van der Waals surface area contributed by atoms with Gasteiger partial charge in [0.2, 0.25) is 10.0 Å². The van der Waals surface area contributed by atoms with Gasteiger partial charge in [0.15, 0.2) is 0 Å². The van der Waals surface area contributed by atoms with Gasteiger partial charge in [-0.2, -0.15) is 5.10 Å². The highest BCUT2D eigenvalue weighted by atomic mass is 32.2. The number of aliphatic carboxylic acids is 1. The molecule has 0 saturated heterocycles. The van der Waals surface area contributed by atoms with Gasteiger partial charge >= 0.3 is 5.97 Å². The van der Waals surface area contributed by atoms with Crippen molar-refractivity contribution in [1.29, 1.82) is 0 Å². The van der Waals surface area contributed by atoms with Crippen molar-refractivity contribution in [3.05, 3.63) is 11.4 Å². The number of aliphatic hydroxyl groups is 1. The molecule has 3 N–H and O–H groups in total. The Balaban J connectivity index is 3.09. The van der Waals surface area contributed by atoms with Crippen LogP contribution >= 0.6 is 0 Å². The maximum Gasteiger partial charge on any atom is 0.325 e. The second-order valence-corrected chi connectivity index (χ2v) is 6.93. The molecule has 1 rings (SSSR count). The first-order valence-electron chi connectivity index (χ1n) is 6.48. The van der Waals surface area contributed by atoms with E-state index in [-0.39, 0.29) is 22.8 Å². The number of aromatic nitrogens is 2. The van der Waals surface area contributed by atoms with Crippen LogP contribution in [0.15, 0.2) is 4.90 Å². The van der Waals surface area contributed by atoms with Crippen molar-refractivity contribution in [2.45, 2.75) is 51.2 Å². The van der Waals surface area contributed by atoms with Crippen LogP contribution in [0.25, 0.3) is 0 Å². The fraction of sp³-hybridized carbons (Fsp3) is 0.667. The van der Waals surface area contributed by atoms with Crippen LogP contribution in [0, 0.1) is 13.8 Å². The third kappa shape index (κ3) is 4.26. The molecule has 0 aliphatic rings. The van der Waals surface area contributed by atoms with Crippen molar-refractivity contribution < 1.29 is 23.4 Å². The largest absolute Gasteiger partial charge is 0.480 e. The van der Waals surface area contributed by atoms with E-state index in [1.807, 2.05) is 0 Å². The summed E-state index contributed by atoms with van der Waals surface area (Å²) in [6.07, 6.45) is 0.395. The van der Waals surface area contributed by atoms with Gasteiger partial charge in [-0.05, 0) is 27.2 Å². The standard InChI is InChI=1S/C12H21N3O5S/c1-5-12(4,18)7-13-21(19,20)11-8(2)14-15(9(11)3)6-10(16)17/h13,18H,5-7H2,1-4H3,(H,16,17). The molecule has 21 heavy (non-hydrogen) atoms. The van der Waals surface area contributed by atoms with Gasteiger partial charge < -0.3 is 10.2 Å². The molecule has 0 amide bonds. The number of carboxylic acid groups (broad SMARTS) is 1. The molecule has 9 heteroatoms. The predicted molar refractivity (Wildman–Crippen MR) is 75.4 cm³/mol. The third-order valence-corrected chi connectivity index (χ3v) is 4.93. The van der Waals surface area contributed by atoms with Gasteiger partial charge in [0, 0.05) is 6.54 Å². The fourth-order valence-corrected chi connectivity index (χ4v) is 3.37. The lowest BCUT2D eigenvalue weighted by Crippen LogP contribution is -2.40. The Bertz CT molecular complexity index is 634. The van der Waals surface area contributed by atoms with E-state index >= 15 is 0 Å². The van der Waals surface area contributed by atoms with Crippen molar-refractivity contribution in [3.8, 4) is 0 Å². The van der Waals surface area contributed by atoms with Gasteiger partial charge in [-0.1, -0.05) is 6.92 Å². The molecule has 1 heterocycles. The molecule has 1 aromatic rings. The maximum atomic E-state index is 12.3. The minimum atomic E-state index is -3.87. The maximum absolute atomic E-state index is 12.3. The van der Waals surface area contributed by atoms with E-state index < -0.39 is 28.1 Å². The molecule has 8 nitrogen and oxygen atoms in total. The molecule has 0 spiro atoms. The van der Waals surface area contributed by atoms with Crippen LogP contribution in [-0.2, 0) is 21.4 Å². The second kappa shape index (κ2) is 6.12. The first-order valence-corrected chi connectivity index (χ1v) is 7.96. The highest BCUT2D eigenvalue weighted by Crippen LogP contribution is 2.20. The summed E-state index contributed by atoms with van der Waals surface area (Å²) < 4.78 is 28.1. The molecular formula is C12H21N3O5S. The molecule has 0 bridgehead atoms. The molecular weight excluding hydrogens is 298 g/mol. The monoisotopic (exact) mass is 319 g/mol. The summed E-state index contributed by atoms with van der Waals surface area (Å²) in [6.45, 7) is 5.73. The molecule has 1 aromatic heterocycles. The fourth-order valence-electron chi connectivity index (χ4n) is 1.80. The van der Waals surface area contributed by atoms with E-state index in [2.05, 4.69) is 9.82 Å². The highest BCUT2D eigenvalue weighted by Gasteiger charge is 2.28. The SMILES string of the molecule is CCC(C)(O)CNS(=O)(=O)c1c(C)nn(CC(=O)O)c1C. The van der Waals surface area contributed by atoms with Gasteiger partial charge in [0.25, 0.3) is 0 Å². The van der Waals surface area contributed by atoms with Crippen LogP contribution in [0.2, 0.25) is 0 Å². The molecule has 1 atom stereocenters. The number of hydrogen-bond donors (Lipinski definition) is 3. The number of carboxylic acids is 1. The molecule has 0 fully saturated rings. The molecule has 120 valence electrons. The van der Waals surface area contributed by atoms with E-state index in [0.717, 1.165) is 4.68 Å². The summed E-state index contributed by atoms with van der Waals surface area (Å²) in [5.74, 6) is -1.11. The average Bonchev–Trinajstić information content (AvgIpc) is 2.62. The summed E-state index contributed by atoms with van der Waals surface area (Å²) in [5.41, 5.74) is -0.678. The number of hydrogen-bond acceptors (Lipinski definition) is 5. The van der Waals surface area contributed by atoms with E-state index in [4.69, 9.17) is 5.11 Å². The van der Waals surface area contributed by atoms with Gasteiger partial charge in [-0.3, -0.25) is 9.48 Å². The quantitative estimate of drug-likeness (QED) is 0.651. The second-order valence-electron chi connectivity index (χ2n) is 5.23. The van der Waals surface area contributed by atoms with Crippen LogP contribution in [-0.4, -0.2) is 46.5 Å². The number of rotatable bonds is 7. The summed E-state index contributed by atoms with van der Waals surface area (Å²) >= 11 is 0. The predicted octanol–water partition coefficient (Wildman–Crippen LogP) is 0.0238. The van der Waals surface area contributed by atoms with Crippen LogP contribution in [0.3, 0.4) is 0 Å². The van der Waals surface area contributed by atoms with Crippen LogP contribution in [0.1, 0.15) is 31.7 Å². The zero-order valence-corrected chi connectivity index (χ0v) is 13.4. The Morgan fingerprint density at radius 2 is 2.00 bits per heavy atom. The van der Waals surface area contributed by atoms with Crippen LogP contribution in [0.5, 0.6) is 0 Å². The summed E-state index contributed by atoms with van der Waals surface area (Å²) in [4.78, 5) is 10.7. The normalized spacial score (nSPS) is 14.9. The first-order chi connectivity index (χ1) is 9.50. The lowest BCUT2D eigenvalue weighted by atomic mass is 10.1. The number of sulfonamides is 1. The van der Waals surface area contributed by atoms with Crippen molar-refractivity contribution in [2.24, 2.45) is 0 Å². The van der Waals surface area contributed by atoms with E-state index in [9.17, 15) is 18.3 Å². The first kappa shape index (κ1) is 17.6. The highest BCUT2D eigenvalue weighted by molar-refractivity contribution is 7.89. The van der Waals surface area contributed by atoms with Gasteiger partial charge in [0.05, 0.1) is 17.0 Å². The molecule has 0 aliphatic carbocycles. The Labute approximate surface area is 123 Å². The lowest BCUT2D eigenvalue weighted by Gasteiger charge is -2.21. The van der Waals surface area contributed by atoms with Gasteiger partial charge in [-0.15, -0.1) is 0 Å². The summed E-state index contributed by atoms with van der Waals surface area (Å²) in [5, 5.41) is 22.6. The van der Waals surface area contributed by atoms with Crippen LogP contribution < -0.4 is 4.72 Å². The van der Waals surface area contributed by atoms with E-state index in [0.29, 0.717) is 6.42 Å². The molecule has 0 aliphatic heterocycles. The van der Waals surface area contributed by atoms with Crippen molar-refractivity contribution in [3.63, 3.8) is 0 Å². The minimum absolute atomic E-state index is 0.0457. The Kier molecular flexibility index (Phi) is 5.13. The summed E-state index contributed by atoms with van der Waals surface area (Å²) in [6, 6.07) is 0. The minimum Gasteiger partial charge on any atom is -0.480 e. The molecule has 0 saturated carbocycles. The van der Waals surface area contributed by atoms with Crippen molar-refractivity contribution >= 4 is 16.0 Å². The smallest absolute Gasteiger partial charge is 0.325 e. The van der Waals surface area contributed by atoms with Gasteiger partial charge in [0.1, 0.15) is 11.4 Å². The zero-order valence-electron chi connectivity index (χ0n) is 12.5. The zero-order chi connectivity index (χ0) is 16.4. The number of carbonyl (C=O) groups is 1.